The SMILES string of the molecule is Cn1ccc(S(=O)(=O)Nc2ccc3c(c2)CNCC3)c1. The number of hydrogen-bond acceptors (Lipinski definition) is 3. The van der Waals surface area contributed by atoms with E-state index in [4.69, 9.17) is 0 Å². The molecule has 0 radical (unpaired) electrons. The molecule has 1 aliphatic heterocycles. The normalized spacial score (nSPS) is 14.8. The third kappa shape index (κ3) is 2.57. The Morgan fingerprint density at radius 1 is 1.25 bits per heavy atom. The fourth-order valence-electron chi connectivity index (χ4n) is 2.39. The molecule has 6 heteroatoms. The lowest BCUT2D eigenvalue weighted by Gasteiger charge is -2.18. The van der Waals surface area contributed by atoms with Crippen LogP contribution in [0.1, 0.15) is 11.1 Å². The summed E-state index contributed by atoms with van der Waals surface area (Å²) in [4.78, 5) is 0.274. The highest BCUT2D eigenvalue weighted by Crippen LogP contribution is 2.21. The first-order valence-corrected chi connectivity index (χ1v) is 8.00. The van der Waals surface area contributed by atoms with E-state index in [1.165, 1.54) is 5.56 Å². The maximum atomic E-state index is 12.2. The van der Waals surface area contributed by atoms with Gasteiger partial charge < -0.3 is 9.88 Å². The Balaban J connectivity index is 1.87. The van der Waals surface area contributed by atoms with Crippen molar-refractivity contribution in [1.29, 1.82) is 0 Å². The number of nitrogens with one attached hydrogen (secondary N) is 2. The number of sulfonamides is 1. The Hall–Kier alpha value is -1.79. The van der Waals surface area contributed by atoms with Crippen LogP contribution in [0.3, 0.4) is 0 Å². The summed E-state index contributed by atoms with van der Waals surface area (Å²) in [6, 6.07) is 7.31. The number of aryl methyl sites for hydroxylation is 1. The zero-order valence-electron chi connectivity index (χ0n) is 11.3. The monoisotopic (exact) mass is 291 g/mol. The Morgan fingerprint density at radius 3 is 2.85 bits per heavy atom. The largest absolute Gasteiger partial charge is 0.356 e. The van der Waals surface area contributed by atoms with Gasteiger partial charge in [-0.05, 0) is 42.3 Å². The predicted octanol–water partition coefficient (Wildman–Crippen LogP) is 1.47. The summed E-state index contributed by atoms with van der Waals surface area (Å²) in [6.45, 7) is 1.76. The standard InChI is InChI=1S/C14H17N3O2S/c1-17-7-5-14(10-17)20(18,19)16-13-3-2-11-4-6-15-9-12(11)8-13/h2-3,5,7-8,10,15-16H,4,6,9H2,1H3. The van der Waals surface area contributed by atoms with Crippen LogP contribution in [0.5, 0.6) is 0 Å². The number of hydrogen-bond donors (Lipinski definition) is 2. The van der Waals surface area contributed by atoms with Gasteiger partial charge in [0.15, 0.2) is 0 Å². The quantitative estimate of drug-likeness (QED) is 0.900. The van der Waals surface area contributed by atoms with Crippen molar-refractivity contribution in [3.05, 3.63) is 47.8 Å². The van der Waals surface area contributed by atoms with Gasteiger partial charge in [0.25, 0.3) is 10.0 Å². The first-order chi connectivity index (χ1) is 9.54. The minimum atomic E-state index is -3.51. The van der Waals surface area contributed by atoms with E-state index in [9.17, 15) is 8.42 Å². The van der Waals surface area contributed by atoms with E-state index in [0.29, 0.717) is 5.69 Å². The van der Waals surface area contributed by atoms with E-state index < -0.39 is 10.0 Å². The Morgan fingerprint density at radius 2 is 2.10 bits per heavy atom. The minimum Gasteiger partial charge on any atom is -0.356 e. The maximum Gasteiger partial charge on any atom is 0.263 e. The van der Waals surface area contributed by atoms with Gasteiger partial charge in [0, 0.05) is 31.7 Å². The molecule has 1 aliphatic rings. The Bertz CT molecular complexity index is 735. The Labute approximate surface area is 118 Å². The van der Waals surface area contributed by atoms with Crippen molar-refractivity contribution in [2.45, 2.75) is 17.9 Å². The van der Waals surface area contributed by atoms with Crippen LogP contribution in [0, 0.1) is 0 Å². The van der Waals surface area contributed by atoms with E-state index in [0.717, 1.165) is 25.1 Å². The molecular weight excluding hydrogens is 274 g/mol. The topological polar surface area (TPSA) is 63.1 Å². The molecule has 0 aliphatic carbocycles. The molecule has 0 spiro atoms. The second kappa shape index (κ2) is 4.96. The fourth-order valence-corrected chi connectivity index (χ4v) is 3.49. The molecule has 0 saturated heterocycles. The van der Waals surface area contributed by atoms with Crippen molar-refractivity contribution in [2.24, 2.45) is 7.05 Å². The third-order valence-electron chi connectivity index (χ3n) is 3.46. The average molecular weight is 291 g/mol. The van der Waals surface area contributed by atoms with Crippen LogP contribution >= 0.6 is 0 Å². The molecule has 0 unspecified atom stereocenters. The molecule has 1 aromatic heterocycles. The number of anilines is 1. The van der Waals surface area contributed by atoms with Crippen molar-refractivity contribution in [3.63, 3.8) is 0 Å². The second-order valence-corrected chi connectivity index (χ2v) is 6.71. The number of nitrogens with zero attached hydrogens (tertiary/aromatic N) is 1. The number of fused-ring (bicyclic) bond motifs is 1. The van der Waals surface area contributed by atoms with Crippen molar-refractivity contribution in [1.82, 2.24) is 9.88 Å². The highest BCUT2D eigenvalue weighted by atomic mass is 32.2. The summed E-state index contributed by atoms with van der Waals surface area (Å²) >= 11 is 0. The van der Waals surface area contributed by atoms with E-state index in [2.05, 4.69) is 10.0 Å². The second-order valence-electron chi connectivity index (χ2n) is 5.03. The van der Waals surface area contributed by atoms with E-state index in [1.807, 2.05) is 18.2 Å². The minimum absolute atomic E-state index is 0.274. The van der Waals surface area contributed by atoms with Gasteiger partial charge in [-0.3, -0.25) is 4.72 Å². The smallest absolute Gasteiger partial charge is 0.263 e. The molecule has 2 N–H and O–H groups in total. The van der Waals surface area contributed by atoms with Crippen LogP contribution in [0.25, 0.3) is 0 Å². The van der Waals surface area contributed by atoms with Gasteiger partial charge in [-0.15, -0.1) is 0 Å². The van der Waals surface area contributed by atoms with Gasteiger partial charge >= 0.3 is 0 Å². The molecule has 1 aromatic carbocycles. The van der Waals surface area contributed by atoms with Gasteiger partial charge in [0.1, 0.15) is 4.90 Å². The predicted molar refractivity (Wildman–Crippen MR) is 78.1 cm³/mol. The molecule has 0 atom stereocenters. The van der Waals surface area contributed by atoms with Crippen molar-refractivity contribution in [2.75, 3.05) is 11.3 Å². The van der Waals surface area contributed by atoms with E-state index in [1.54, 1.807) is 30.1 Å². The van der Waals surface area contributed by atoms with Gasteiger partial charge in [0.05, 0.1) is 0 Å². The maximum absolute atomic E-state index is 12.2. The zero-order chi connectivity index (χ0) is 14.2. The number of rotatable bonds is 3. The van der Waals surface area contributed by atoms with E-state index >= 15 is 0 Å². The average Bonchev–Trinajstić information content (AvgIpc) is 2.86. The molecule has 0 fully saturated rings. The summed E-state index contributed by atoms with van der Waals surface area (Å²) in [7, 11) is -1.72. The molecule has 0 amide bonds. The third-order valence-corrected chi connectivity index (χ3v) is 4.83. The molecule has 2 aromatic rings. The van der Waals surface area contributed by atoms with Crippen molar-refractivity contribution >= 4 is 15.7 Å². The highest BCUT2D eigenvalue weighted by Gasteiger charge is 2.16. The van der Waals surface area contributed by atoms with Gasteiger partial charge in [0.2, 0.25) is 0 Å². The van der Waals surface area contributed by atoms with Gasteiger partial charge in [-0.2, -0.15) is 0 Å². The molecule has 5 nitrogen and oxygen atoms in total. The van der Waals surface area contributed by atoms with Crippen molar-refractivity contribution < 1.29 is 8.42 Å². The summed E-state index contributed by atoms with van der Waals surface area (Å²) in [6.07, 6.45) is 4.29. The summed E-state index contributed by atoms with van der Waals surface area (Å²) in [5.41, 5.74) is 3.05. The molecule has 0 bridgehead atoms. The zero-order valence-corrected chi connectivity index (χ0v) is 12.1. The van der Waals surface area contributed by atoms with Crippen LogP contribution in [-0.2, 0) is 30.0 Å². The highest BCUT2D eigenvalue weighted by molar-refractivity contribution is 7.92. The molecule has 106 valence electrons. The van der Waals surface area contributed by atoms with Gasteiger partial charge in [-0.25, -0.2) is 8.42 Å². The van der Waals surface area contributed by atoms with Crippen LogP contribution in [-0.4, -0.2) is 19.5 Å². The molecule has 2 heterocycles. The number of benzene rings is 1. The van der Waals surface area contributed by atoms with Crippen LogP contribution in [0.4, 0.5) is 5.69 Å². The van der Waals surface area contributed by atoms with E-state index in [-0.39, 0.29) is 4.90 Å². The molecule has 3 rings (SSSR count). The first kappa shape index (κ1) is 13.2. The molecule has 20 heavy (non-hydrogen) atoms. The summed E-state index contributed by atoms with van der Waals surface area (Å²) in [5, 5.41) is 3.29. The number of aromatic nitrogens is 1. The van der Waals surface area contributed by atoms with Gasteiger partial charge in [-0.1, -0.05) is 6.07 Å². The molecule has 0 saturated carbocycles. The molecular formula is C14H17N3O2S. The van der Waals surface area contributed by atoms with Crippen molar-refractivity contribution in [3.8, 4) is 0 Å². The van der Waals surface area contributed by atoms with Crippen LogP contribution < -0.4 is 10.0 Å². The fraction of sp³-hybridized carbons (Fsp3) is 0.286. The lowest BCUT2D eigenvalue weighted by molar-refractivity contribution is 0.601. The van der Waals surface area contributed by atoms with Crippen LogP contribution in [0.15, 0.2) is 41.6 Å². The Kier molecular flexibility index (Phi) is 3.27. The summed E-state index contributed by atoms with van der Waals surface area (Å²) < 4.78 is 28.8. The summed E-state index contributed by atoms with van der Waals surface area (Å²) in [5.74, 6) is 0. The first-order valence-electron chi connectivity index (χ1n) is 6.52. The van der Waals surface area contributed by atoms with Crippen LogP contribution in [0.2, 0.25) is 0 Å². The lowest BCUT2D eigenvalue weighted by atomic mass is 10.0. The lowest BCUT2D eigenvalue weighted by Crippen LogP contribution is -2.23.